The van der Waals surface area contributed by atoms with Crippen LogP contribution in [0.15, 0.2) is 0 Å². The molecule has 0 rings (SSSR count). The van der Waals surface area contributed by atoms with E-state index in [2.05, 4.69) is 13.8 Å². The summed E-state index contributed by atoms with van der Waals surface area (Å²) in [5.41, 5.74) is 0. The fraction of sp³-hybridized carbons (Fsp3) is 0.889. The van der Waals surface area contributed by atoms with E-state index in [4.69, 9.17) is 9.84 Å². The molecule has 0 spiro atoms. The first-order valence-corrected chi connectivity index (χ1v) is 13.4. The van der Waals surface area contributed by atoms with Crippen molar-refractivity contribution in [3.8, 4) is 0 Å². The summed E-state index contributed by atoms with van der Waals surface area (Å²) in [5.74, 6) is -0.309. The predicted molar refractivity (Wildman–Crippen MR) is 131 cm³/mol. The standard InChI is InChI=1S/C27H50O5/c1-3-5-7-9-10-12-18-24(17-11-8-6-4-2)23-32-27(31)22-16-14-20-25(28)19-13-15-21-26(29)30/h24H,3-23H2,1-2H3,(H,29,30). The number of ketones is 1. The lowest BCUT2D eigenvalue weighted by Gasteiger charge is -2.17. The molecular formula is C27H50O5. The van der Waals surface area contributed by atoms with Crippen molar-refractivity contribution in [2.75, 3.05) is 6.61 Å². The van der Waals surface area contributed by atoms with Crippen molar-refractivity contribution < 1.29 is 24.2 Å². The van der Waals surface area contributed by atoms with Crippen LogP contribution in [0.2, 0.25) is 0 Å². The zero-order valence-electron chi connectivity index (χ0n) is 21.0. The van der Waals surface area contributed by atoms with Crippen molar-refractivity contribution in [1.82, 2.24) is 0 Å². The monoisotopic (exact) mass is 454 g/mol. The van der Waals surface area contributed by atoms with Gasteiger partial charge in [-0.25, -0.2) is 0 Å². The van der Waals surface area contributed by atoms with Gasteiger partial charge in [0.25, 0.3) is 0 Å². The molecule has 0 bridgehead atoms. The van der Waals surface area contributed by atoms with E-state index in [1.807, 2.05) is 0 Å². The topological polar surface area (TPSA) is 80.7 Å². The van der Waals surface area contributed by atoms with Crippen LogP contribution in [0.4, 0.5) is 0 Å². The molecule has 0 saturated carbocycles. The molecule has 0 aliphatic heterocycles. The normalized spacial score (nSPS) is 11.9. The highest BCUT2D eigenvalue weighted by atomic mass is 16.5. The van der Waals surface area contributed by atoms with Gasteiger partial charge in [-0.1, -0.05) is 78.1 Å². The molecule has 0 aromatic heterocycles. The van der Waals surface area contributed by atoms with E-state index in [0.717, 1.165) is 12.8 Å². The van der Waals surface area contributed by atoms with Gasteiger partial charge in [-0.15, -0.1) is 0 Å². The number of rotatable bonds is 24. The van der Waals surface area contributed by atoms with Crippen molar-refractivity contribution in [3.63, 3.8) is 0 Å². The molecule has 0 radical (unpaired) electrons. The average Bonchev–Trinajstić information content (AvgIpc) is 2.77. The number of Topliss-reactive ketones (excluding diaryl/α,β-unsaturated/α-hetero) is 1. The minimum absolute atomic E-state index is 0.123. The van der Waals surface area contributed by atoms with Crippen LogP contribution in [0.3, 0.4) is 0 Å². The molecule has 188 valence electrons. The van der Waals surface area contributed by atoms with Crippen LogP contribution in [0.1, 0.15) is 142 Å². The van der Waals surface area contributed by atoms with Crippen LogP contribution in [-0.2, 0) is 19.1 Å². The Morgan fingerprint density at radius 1 is 0.625 bits per heavy atom. The zero-order chi connectivity index (χ0) is 23.9. The maximum Gasteiger partial charge on any atom is 0.305 e. The molecule has 0 amide bonds. The van der Waals surface area contributed by atoms with E-state index in [-0.39, 0.29) is 18.2 Å². The Hall–Kier alpha value is -1.39. The highest BCUT2D eigenvalue weighted by Gasteiger charge is 2.12. The Kier molecular flexibility index (Phi) is 21.8. The molecule has 1 N–H and O–H groups in total. The van der Waals surface area contributed by atoms with Gasteiger partial charge in [0, 0.05) is 25.7 Å². The van der Waals surface area contributed by atoms with Crippen molar-refractivity contribution in [2.24, 2.45) is 5.92 Å². The highest BCUT2D eigenvalue weighted by molar-refractivity contribution is 5.78. The number of carbonyl (C=O) groups is 3. The van der Waals surface area contributed by atoms with Gasteiger partial charge in [0.1, 0.15) is 5.78 Å². The van der Waals surface area contributed by atoms with Gasteiger partial charge in [0.2, 0.25) is 0 Å². The molecule has 0 aromatic carbocycles. The van der Waals surface area contributed by atoms with E-state index >= 15 is 0 Å². The molecule has 0 heterocycles. The van der Waals surface area contributed by atoms with Crippen LogP contribution in [0.25, 0.3) is 0 Å². The molecule has 0 aliphatic rings. The highest BCUT2D eigenvalue weighted by Crippen LogP contribution is 2.20. The molecule has 0 saturated heterocycles. The Labute approximate surface area is 197 Å². The largest absolute Gasteiger partial charge is 0.481 e. The van der Waals surface area contributed by atoms with Crippen LogP contribution in [0.5, 0.6) is 0 Å². The van der Waals surface area contributed by atoms with Crippen LogP contribution < -0.4 is 0 Å². The molecule has 1 unspecified atom stereocenters. The van der Waals surface area contributed by atoms with Gasteiger partial charge in [0.05, 0.1) is 6.61 Å². The summed E-state index contributed by atoms with van der Waals surface area (Å²) in [4.78, 5) is 34.4. The molecule has 32 heavy (non-hydrogen) atoms. The first-order chi connectivity index (χ1) is 15.5. The second-order valence-corrected chi connectivity index (χ2v) is 9.30. The second-order valence-electron chi connectivity index (χ2n) is 9.30. The number of ether oxygens (including phenoxy) is 1. The fourth-order valence-electron chi connectivity index (χ4n) is 3.98. The van der Waals surface area contributed by atoms with Crippen LogP contribution in [-0.4, -0.2) is 29.4 Å². The molecule has 0 fully saturated rings. The first-order valence-electron chi connectivity index (χ1n) is 13.4. The fourth-order valence-corrected chi connectivity index (χ4v) is 3.98. The SMILES string of the molecule is CCCCCCCCC(CCCCCC)COC(=O)CCCCC(=O)CCCCC(=O)O. The van der Waals surface area contributed by atoms with Crippen molar-refractivity contribution in [1.29, 1.82) is 0 Å². The van der Waals surface area contributed by atoms with Gasteiger partial charge in [-0.2, -0.15) is 0 Å². The van der Waals surface area contributed by atoms with Gasteiger partial charge in [0.15, 0.2) is 0 Å². The van der Waals surface area contributed by atoms with E-state index in [9.17, 15) is 14.4 Å². The van der Waals surface area contributed by atoms with Gasteiger partial charge >= 0.3 is 11.9 Å². The average molecular weight is 455 g/mol. The predicted octanol–water partition coefficient (Wildman–Crippen LogP) is 7.64. The number of carboxylic acid groups (broad SMARTS) is 1. The van der Waals surface area contributed by atoms with Crippen molar-refractivity contribution in [3.05, 3.63) is 0 Å². The minimum Gasteiger partial charge on any atom is -0.481 e. The molecule has 0 aliphatic carbocycles. The summed E-state index contributed by atoms with van der Waals surface area (Å²) in [6, 6.07) is 0. The van der Waals surface area contributed by atoms with Crippen molar-refractivity contribution in [2.45, 2.75) is 142 Å². The van der Waals surface area contributed by atoms with Crippen LogP contribution >= 0.6 is 0 Å². The number of aliphatic carboxylic acids is 1. The van der Waals surface area contributed by atoms with E-state index in [1.165, 1.54) is 64.2 Å². The third kappa shape index (κ3) is 21.8. The summed E-state index contributed by atoms with van der Waals surface area (Å²) >= 11 is 0. The molecular weight excluding hydrogens is 404 g/mol. The van der Waals surface area contributed by atoms with Gasteiger partial charge in [-0.05, 0) is 44.4 Å². The van der Waals surface area contributed by atoms with Crippen LogP contribution in [0, 0.1) is 5.92 Å². The summed E-state index contributed by atoms with van der Waals surface area (Å²) < 4.78 is 5.59. The van der Waals surface area contributed by atoms with Gasteiger partial charge < -0.3 is 9.84 Å². The van der Waals surface area contributed by atoms with E-state index < -0.39 is 5.97 Å². The smallest absolute Gasteiger partial charge is 0.305 e. The summed E-state index contributed by atoms with van der Waals surface area (Å²) in [6.45, 7) is 5.01. The Balaban J connectivity index is 3.95. The van der Waals surface area contributed by atoms with E-state index in [1.54, 1.807) is 0 Å². The maximum atomic E-state index is 12.1. The number of hydrogen-bond acceptors (Lipinski definition) is 4. The number of unbranched alkanes of at least 4 members (excludes halogenated alkanes) is 10. The second kappa shape index (κ2) is 22.8. The lowest BCUT2D eigenvalue weighted by molar-refractivity contribution is -0.145. The number of carbonyl (C=O) groups excluding carboxylic acids is 2. The van der Waals surface area contributed by atoms with E-state index in [0.29, 0.717) is 57.5 Å². The molecule has 1 atom stereocenters. The minimum atomic E-state index is -0.814. The molecule has 0 aromatic rings. The summed E-state index contributed by atoms with van der Waals surface area (Å²) in [6.07, 6.45) is 19.0. The zero-order valence-corrected chi connectivity index (χ0v) is 21.0. The first kappa shape index (κ1) is 30.6. The Bertz CT molecular complexity index is 475. The molecule has 5 heteroatoms. The maximum absolute atomic E-state index is 12.1. The number of carboxylic acids is 1. The Morgan fingerprint density at radius 2 is 1.09 bits per heavy atom. The third-order valence-corrected chi connectivity index (χ3v) is 6.09. The van der Waals surface area contributed by atoms with Gasteiger partial charge in [-0.3, -0.25) is 14.4 Å². The Morgan fingerprint density at radius 3 is 1.66 bits per heavy atom. The summed E-state index contributed by atoms with van der Waals surface area (Å²) in [5, 5.41) is 8.60. The summed E-state index contributed by atoms with van der Waals surface area (Å²) in [7, 11) is 0. The lowest BCUT2D eigenvalue weighted by atomic mass is 9.95. The van der Waals surface area contributed by atoms with Crippen molar-refractivity contribution >= 4 is 17.7 Å². The molecule has 5 nitrogen and oxygen atoms in total. The third-order valence-electron chi connectivity index (χ3n) is 6.09. The number of esters is 1. The number of hydrogen-bond donors (Lipinski definition) is 1. The lowest BCUT2D eigenvalue weighted by Crippen LogP contribution is -2.14. The quantitative estimate of drug-likeness (QED) is 0.120.